The molecular formula is C15H18BrN3. The van der Waals surface area contributed by atoms with Crippen LogP contribution in [0.5, 0.6) is 0 Å². The van der Waals surface area contributed by atoms with Crippen molar-refractivity contribution in [2.75, 3.05) is 11.9 Å². The molecule has 1 aromatic heterocycles. The van der Waals surface area contributed by atoms with Gasteiger partial charge in [-0.25, -0.2) is 4.98 Å². The van der Waals surface area contributed by atoms with E-state index in [4.69, 9.17) is 5.73 Å². The van der Waals surface area contributed by atoms with Gasteiger partial charge in [0.2, 0.25) is 0 Å². The third-order valence-corrected chi connectivity index (χ3v) is 3.45. The highest BCUT2D eigenvalue weighted by Gasteiger charge is 2.05. The zero-order chi connectivity index (χ0) is 13.7. The van der Waals surface area contributed by atoms with Crippen LogP contribution in [0.1, 0.15) is 23.6 Å². The maximum absolute atomic E-state index is 6.15. The van der Waals surface area contributed by atoms with Gasteiger partial charge < -0.3 is 11.1 Å². The Morgan fingerprint density at radius 1 is 1.32 bits per heavy atom. The van der Waals surface area contributed by atoms with Crippen LogP contribution in [0.25, 0.3) is 0 Å². The van der Waals surface area contributed by atoms with Gasteiger partial charge in [-0.2, -0.15) is 0 Å². The Hall–Kier alpha value is -1.39. The second-order valence-corrected chi connectivity index (χ2v) is 5.47. The van der Waals surface area contributed by atoms with Crippen LogP contribution >= 0.6 is 15.9 Å². The number of benzene rings is 1. The number of pyridine rings is 1. The van der Waals surface area contributed by atoms with Crippen LogP contribution in [-0.2, 0) is 0 Å². The summed E-state index contributed by atoms with van der Waals surface area (Å²) in [6, 6.07) is 12.3. The third-order valence-electron chi connectivity index (χ3n) is 3.02. The highest BCUT2D eigenvalue weighted by molar-refractivity contribution is 9.10. The Labute approximate surface area is 122 Å². The largest absolute Gasteiger partial charge is 0.370 e. The lowest BCUT2D eigenvalue weighted by molar-refractivity contribution is 0.674. The molecule has 0 spiro atoms. The summed E-state index contributed by atoms with van der Waals surface area (Å²) in [7, 11) is 0. The number of halogens is 1. The van der Waals surface area contributed by atoms with Crippen molar-refractivity contribution in [2.24, 2.45) is 5.73 Å². The van der Waals surface area contributed by atoms with Crippen LogP contribution in [0.2, 0.25) is 0 Å². The molecule has 0 aliphatic carbocycles. The van der Waals surface area contributed by atoms with Crippen molar-refractivity contribution in [3.05, 3.63) is 58.2 Å². The van der Waals surface area contributed by atoms with E-state index in [2.05, 4.69) is 38.4 Å². The van der Waals surface area contributed by atoms with Crippen LogP contribution < -0.4 is 11.1 Å². The van der Waals surface area contributed by atoms with E-state index < -0.39 is 0 Å². The van der Waals surface area contributed by atoms with Crippen molar-refractivity contribution in [1.82, 2.24) is 4.98 Å². The highest BCUT2D eigenvalue weighted by Crippen LogP contribution is 2.18. The maximum atomic E-state index is 6.15. The van der Waals surface area contributed by atoms with Gasteiger partial charge in [-0.3, -0.25) is 0 Å². The molecule has 1 heterocycles. The summed E-state index contributed by atoms with van der Waals surface area (Å²) < 4.78 is 0.997. The summed E-state index contributed by atoms with van der Waals surface area (Å²) >= 11 is 3.41. The lowest BCUT2D eigenvalue weighted by Crippen LogP contribution is -2.15. The number of hydrogen-bond donors (Lipinski definition) is 2. The zero-order valence-electron chi connectivity index (χ0n) is 10.9. The molecule has 0 fully saturated rings. The van der Waals surface area contributed by atoms with Crippen molar-refractivity contribution in [2.45, 2.75) is 19.4 Å². The first-order chi connectivity index (χ1) is 9.16. The summed E-state index contributed by atoms with van der Waals surface area (Å²) in [6.45, 7) is 2.85. The average Bonchev–Trinajstić information content (AvgIpc) is 2.42. The predicted octanol–water partition coefficient (Wildman–Crippen LogP) is 3.65. The minimum atomic E-state index is 0.0597. The number of hydrogen-bond acceptors (Lipinski definition) is 3. The molecule has 100 valence electrons. The van der Waals surface area contributed by atoms with Crippen LogP contribution in [0, 0.1) is 6.92 Å². The van der Waals surface area contributed by atoms with E-state index in [0.29, 0.717) is 0 Å². The van der Waals surface area contributed by atoms with Crippen LogP contribution in [0.3, 0.4) is 0 Å². The molecule has 2 aromatic rings. The van der Waals surface area contributed by atoms with Gasteiger partial charge in [-0.15, -0.1) is 0 Å². The van der Waals surface area contributed by atoms with Crippen LogP contribution in [0.15, 0.2) is 47.1 Å². The minimum absolute atomic E-state index is 0.0597. The van der Waals surface area contributed by atoms with Crippen molar-refractivity contribution in [3.63, 3.8) is 0 Å². The van der Waals surface area contributed by atoms with Gasteiger partial charge in [0.1, 0.15) is 5.82 Å². The molecule has 0 bridgehead atoms. The lowest BCUT2D eigenvalue weighted by atomic mass is 10.1. The number of anilines is 1. The molecule has 0 radical (unpaired) electrons. The molecule has 0 amide bonds. The van der Waals surface area contributed by atoms with E-state index in [9.17, 15) is 0 Å². The standard InChI is InChI=1S/C15H18BrN3/c1-11-9-13(16)10-19-15(11)18-8-7-14(17)12-5-3-2-4-6-12/h2-6,9-10,14H,7-8,17H2,1H3,(H,18,19). The van der Waals surface area contributed by atoms with E-state index in [1.165, 1.54) is 5.56 Å². The molecule has 0 aliphatic rings. The maximum Gasteiger partial charge on any atom is 0.128 e. The minimum Gasteiger partial charge on any atom is -0.370 e. The predicted molar refractivity (Wildman–Crippen MR) is 83.2 cm³/mol. The molecule has 1 atom stereocenters. The second-order valence-electron chi connectivity index (χ2n) is 4.55. The Balaban J connectivity index is 1.86. The summed E-state index contributed by atoms with van der Waals surface area (Å²) in [4.78, 5) is 4.35. The second kappa shape index (κ2) is 6.68. The van der Waals surface area contributed by atoms with E-state index in [0.717, 1.165) is 28.8 Å². The number of nitrogens with zero attached hydrogens (tertiary/aromatic N) is 1. The first-order valence-electron chi connectivity index (χ1n) is 6.33. The van der Waals surface area contributed by atoms with Crippen LogP contribution in [0.4, 0.5) is 5.82 Å². The highest BCUT2D eigenvalue weighted by atomic mass is 79.9. The fourth-order valence-electron chi connectivity index (χ4n) is 1.94. The quantitative estimate of drug-likeness (QED) is 0.884. The fraction of sp³-hybridized carbons (Fsp3) is 0.267. The smallest absolute Gasteiger partial charge is 0.128 e. The Bertz CT molecular complexity index is 528. The lowest BCUT2D eigenvalue weighted by Gasteiger charge is -2.13. The van der Waals surface area contributed by atoms with E-state index >= 15 is 0 Å². The Morgan fingerprint density at radius 3 is 2.74 bits per heavy atom. The SMILES string of the molecule is Cc1cc(Br)cnc1NCCC(N)c1ccccc1. The van der Waals surface area contributed by atoms with Gasteiger partial charge in [0.25, 0.3) is 0 Å². The molecule has 3 nitrogen and oxygen atoms in total. The monoisotopic (exact) mass is 319 g/mol. The average molecular weight is 320 g/mol. The summed E-state index contributed by atoms with van der Waals surface area (Å²) in [5.74, 6) is 0.920. The molecule has 4 heteroatoms. The third kappa shape index (κ3) is 4.04. The first kappa shape index (κ1) is 14.0. The van der Waals surface area contributed by atoms with Gasteiger partial charge in [-0.1, -0.05) is 30.3 Å². The van der Waals surface area contributed by atoms with Gasteiger partial charge >= 0.3 is 0 Å². The number of aromatic nitrogens is 1. The molecule has 19 heavy (non-hydrogen) atoms. The number of nitrogens with one attached hydrogen (secondary N) is 1. The number of rotatable bonds is 5. The molecule has 1 aromatic carbocycles. The molecule has 0 saturated carbocycles. The van der Waals surface area contributed by atoms with Crippen molar-refractivity contribution < 1.29 is 0 Å². The van der Waals surface area contributed by atoms with E-state index in [1.54, 1.807) is 6.20 Å². The van der Waals surface area contributed by atoms with Crippen molar-refractivity contribution in [3.8, 4) is 0 Å². The molecule has 1 unspecified atom stereocenters. The number of aryl methyl sites for hydroxylation is 1. The summed E-state index contributed by atoms with van der Waals surface area (Å²) in [6.07, 6.45) is 2.67. The van der Waals surface area contributed by atoms with Gasteiger partial charge in [0.05, 0.1) is 0 Å². The van der Waals surface area contributed by atoms with Crippen LogP contribution in [-0.4, -0.2) is 11.5 Å². The van der Waals surface area contributed by atoms with Gasteiger partial charge in [0.15, 0.2) is 0 Å². The fourth-order valence-corrected chi connectivity index (χ4v) is 2.38. The normalized spacial score (nSPS) is 12.2. The number of nitrogens with two attached hydrogens (primary N) is 1. The molecule has 0 aliphatic heterocycles. The zero-order valence-corrected chi connectivity index (χ0v) is 12.5. The molecule has 0 saturated heterocycles. The Morgan fingerprint density at radius 2 is 2.05 bits per heavy atom. The molecular weight excluding hydrogens is 302 g/mol. The molecule has 3 N–H and O–H groups in total. The van der Waals surface area contributed by atoms with E-state index in [-0.39, 0.29) is 6.04 Å². The van der Waals surface area contributed by atoms with Gasteiger partial charge in [0, 0.05) is 23.3 Å². The van der Waals surface area contributed by atoms with Crippen molar-refractivity contribution >= 4 is 21.7 Å². The summed E-state index contributed by atoms with van der Waals surface area (Å²) in [5.41, 5.74) is 8.45. The van der Waals surface area contributed by atoms with E-state index in [1.807, 2.05) is 31.2 Å². The van der Waals surface area contributed by atoms with Crippen molar-refractivity contribution in [1.29, 1.82) is 0 Å². The summed E-state index contributed by atoms with van der Waals surface area (Å²) in [5, 5.41) is 3.33. The molecule has 2 rings (SSSR count). The van der Waals surface area contributed by atoms with Gasteiger partial charge in [-0.05, 0) is 46.5 Å². The first-order valence-corrected chi connectivity index (χ1v) is 7.12. The topological polar surface area (TPSA) is 50.9 Å². The Kier molecular flexibility index (Phi) is 4.93.